The van der Waals surface area contributed by atoms with Gasteiger partial charge in [0.1, 0.15) is 5.69 Å². The average molecular weight is 295 g/mol. The van der Waals surface area contributed by atoms with E-state index < -0.39 is 0 Å². The van der Waals surface area contributed by atoms with E-state index in [1.165, 1.54) is 0 Å². The monoisotopic (exact) mass is 294 g/mol. The Hall–Kier alpha value is -1.20. The summed E-state index contributed by atoms with van der Waals surface area (Å²) in [6, 6.07) is 7.99. The fourth-order valence-electron chi connectivity index (χ4n) is 1.82. The number of nitrogens with two attached hydrogens (primary N) is 1. The zero-order chi connectivity index (χ0) is 12.4. The van der Waals surface area contributed by atoms with E-state index in [-0.39, 0.29) is 0 Å². The molecule has 0 bridgehead atoms. The van der Waals surface area contributed by atoms with Crippen LogP contribution in [0.4, 0.5) is 0 Å². The molecule has 4 nitrogen and oxygen atoms in total. The second-order valence-electron chi connectivity index (χ2n) is 4.17. The van der Waals surface area contributed by atoms with E-state index in [1.807, 2.05) is 28.9 Å². The molecular weight excluding hydrogens is 280 g/mol. The Balaban J connectivity index is 2.51. The van der Waals surface area contributed by atoms with Crippen molar-refractivity contribution in [2.24, 2.45) is 5.73 Å². The van der Waals surface area contributed by atoms with Crippen molar-refractivity contribution < 1.29 is 0 Å². The van der Waals surface area contributed by atoms with Crippen LogP contribution in [0.15, 0.2) is 28.7 Å². The fourth-order valence-corrected chi connectivity index (χ4v) is 2.08. The van der Waals surface area contributed by atoms with E-state index in [2.05, 4.69) is 40.1 Å². The van der Waals surface area contributed by atoms with Crippen LogP contribution in [0.2, 0.25) is 0 Å². The van der Waals surface area contributed by atoms with Crippen molar-refractivity contribution in [1.82, 2.24) is 15.0 Å². The smallest absolute Gasteiger partial charge is 0.100 e. The molecule has 0 spiro atoms. The summed E-state index contributed by atoms with van der Waals surface area (Å²) < 4.78 is 2.91. The summed E-state index contributed by atoms with van der Waals surface area (Å²) in [6.07, 6.45) is 0. The molecule has 1 aromatic carbocycles. The summed E-state index contributed by atoms with van der Waals surface area (Å²) in [5.41, 5.74) is 8.63. The highest BCUT2D eigenvalue weighted by Crippen LogP contribution is 2.22. The van der Waals surface area contributed by atoms with Gasteiger partial charge < -0.3 is 5.73 Å². The van der Waals surface area contributed by atoms with Gasteiger partial charge in [-0.3, -0.25) is 0 Å². The number of nitrogens with zero attached hydrogens (tertiary/aromatic N) is 3. The minimum Gasteiger partial charge on any atom is -0.325 e. The summed E-state index contributed by atoms with van der Waals surface area (Å²) in [7, 11) is 0. The van der Waals surface area contributed by atoms with E-state index in [9.17, 15) is 0 Å². The Morgan fingerprint density at radius 1 is 1.29 bits per heavy atom. The normalized spacial score (nSPS) is 11.1. The molecule has 0 fully saturated rings. The first kappa shape index (κ1) is 12.3. The average Bonchev–Trinajstić information content (AvgIpc) is 2.73. The van der Waals surface area contributed by atoms with Crippen LogP contribution in [-0.4, -0.2) is 15.0 Å². The Labute approximate surface area is 109 Å². The van der Waals surface area contributed by atoms with Crippen molar-refractivity contribution in [3.63, 3.8) is 0 Å². The van der Waals surface area contributed by atoms with Crippen molar-refractivity contribution in [3.8, 4) is 5.69 Å². The number of rotatable bonds is 3. The molecule has 0 aliphatic rings. The second kappa shape index (κ2) is 4.98. The Morgan fingerprint density at radius 2 is 1.94 bits per heavy atom. The standard InChI is InChI=1S/C12H15BrN4/c1-8(2)12-11(7-14)15-16-17(12)10-5-3-9(13)4-6-10/h3-6,8H,7,14H2,1-2H3. The van der Waals surface area contributed by atoms with Crippen LogP contribution in [0.1, 0.15) is 31.2 Å². The quantitative estimate of drug-likeness (QED) is 0.947. The number of halogens is 1. The fraction of sp³-hybridized carbons (Fsp3) is 0.333. The maximum absolute atomic E-state index is 5.68. The van der Waals surface area contributed by atoms with Gasteiger partial charge in [0.2, 0.25) is 0 Å². The van der Waals surface area contributed by atoms with Gasteiger partial charge in [0, 0.05) is 11.0 Å². The van der Waals surface area contributed by atoms with Gasteiger partial charge in [-0.05, 0) is 30.2 Å². The number of aromatic nitrogens is 3. The van der Waals surface area contributed by atoms with Gasteiger partial charge in [0.05, 0.1) is 11.4 Å². The maximum atomic E-state index is 5.68. The molecule has 2 rings (SSSR count). The van der Waals surface area contributed by atoms with E-state index >= 15 is 0 Å². The molecule has 0 radical (unpaired) electrons. The van der Waals surface area contributed by atoms with Crippen LogP contribution in [0.25, 0.3) is 5.69 Å². The predicted molar refractivity (Wildman–Crippen MR) is 71.0 cm³/mol. The molecule has 1 aromatic heterocycles. The molecule has 0 amide bonds. The lowest BCUT2D eigenvalue weighted by atomic mass is 10.1. The van der Waals surface area contributed by atoms with Crippen molar-refractivity contribution in [2.75, 3.05) is 0 Å². The van der Waals surface area contributed by atoms with Gasteiger partial charge in [0.25, 0.3) is 0 Å². The van der Waals surface area contributed by atoms with Gasteiger partial charge >= 0.3 is 0 Å². The minimum absolute atomic E-state index is 0.340. The lowest BCUT2D eigenvalue weighted by Gasteiger charge is -2.10. The highest BCUT2D eigenvalue weighted by molar-refractivity contribution is 9.10. The van der Waals surface area contributed by atoms with Gasteiger partial charge in [-0.1, -0.05) is 35.0 Å². The topological polar surface area (TPSA) is 56.7 Å². The van der Waals surface area contributed by atoms with E-state index in [0.29, 0.717) is 12.5 Å². The minimum atomic E-state index is 0.340. The van der Waals surface area contributed by atoms with Gasteiger partial charge in [-0.25, -0.2) is 4.68 Å². The predicted octanol–water partition coefficient (Wildman–Crippen LogP) is 2.61. The third-order valence-electron chi connectivity index (χ3n) is 2.59. The SMILES string of the molecule is CC(C)c1c(CN)nnn1-c1ccc(Br)cc1. The highest BCUT2D eigenvalue weighted by atomic mass is 79.9. The summed E-state index contributed by atoms with van der Waals surface area (Å²) >= 11 is 3.42. The van der Waals surface area contributed by atoms with E-state index in [4.69, 9.17) is 5.73 Å². The first-order valence-electron chi connectivity index (χ1n) is 5.54. The van der Waals surface area contributed by atoms with Gasteiger partial charge in [-0.15, -0.1) is 5.10 Å². The number of hydrogen-bond acceptors (Lipinski definition) is 3. The third-order valence-corrected chi connectivity index (χ3v) is 3.12. The van der Waals surface area contributed by atoms with Crippen LogP contribution >= 0.6 is 15.9 Å². The van der Waals surface area contributed by atoms with Gasteiger partial charge in [0.15, 0.2) is 0 Å². The van der Waals surface area contributed by atoms with Gasteiger partial charge in [-0.2, -0.15) is 0 Å². The molecule has 90 valence electrons. The summed E-state index contributed by atoms with van der Waals surface area (Å²) in [4.78, 5) is 0. The Morgan fingerprint density at radius 3 is 2.47 bits per heavy atom. The largest absolute Gasteiger partial charge is 0.325 e. The second-order valence-corrected chi connectivity index (χ2v) is 5.08. The summed E-state index contributed by atoms with van der Waals surface area (Å²) in [6.45, 7) is 4.66. The van der Waals surface area contributed by atoms with Crippen LogP contribution in [0, 0.1) is 0 Å². The molecule has 0 saturated heterocycles. The van der Waals surface area contributed by atoms with Crippen molar-refractivity contribution in [3.05, 3.63) is 40.1 Å². The highest BCUT2D eigenvalue weighted by Gasteiger charge is 2.15. The first-order valence-corrected chi connectivity index (χ1v) is 6.33. The molecule has 2 aromatic rings. The molecule has 0 unspecified atom stereocenters. The Bertz CT molecular complexity index is 502. The number of benzene rings is 1. The molecule has 0 saturated carbocycles. The van der Waals surface area contributed by atoms with Crippen molar-refractivity contribution in [1.29, 1.82) is 0 Å². The van der Waals surface area contributed by atoms with Crippen LogP contribution in [-0.2, 0) is 6.54 Å². The molecule has 0 aliphatic carbocycles. The lowest BCUT2D eigenvalue weighted by Crippen LogP contribution is -2.07. The number of hydrogen-bond donors (Lipinski definition) is 1. The lowest BCUT2D eigenvalue weighted by molar-refractivity contribution is 0.714. The molecule has 2 N–H and O–H groups in total. The maximum Gasteiger partial charge on any atom is 0.100 e. The molecule has 5 heteroatoms. The van der Waals surface area contributed by atoms with Crippen LogP contribution < -0.4 is 5.73 Å². The van der Waals surface area contributed by atoms with E-state index in [0.717, 1.165) is 21.5 Å². The zero-order valence-corrected chi connectivity index (χ0v) is 11.5. The van der Waals surface area contributed by atoms with Crippen molar-refractivity contribution >= 4 is 15.9 Å². The molecule has 1 heterocycles. The van der Waals surface area contributed by atoms with E-state index in [1.54, 1.807) is 0 Å². The summed E-state index contributed by atoms with van der Waals surface area (Å²) in [5, 5.41) is 8.31. The zero-order valence-electron chi connectivity index (χ0n) is 9.89. The van der Waals surface area contributed by atoms with Crippen LogP contribution in [0.3, 0.4) is 0 Å². The molecule has 0 aliphatic heterocycles. The molecule has 0 atom stereocenters. The molecule has 17 heavy (non-hydrogen) atoms. The Kier molecular flexibility index (Phi) is 3.59. The molecular formula is C12H15BrN4. The first-order chi connectivity index (χ1) is 8.13. The summed E-state index contributed by atoms with van der Waals surface area (Å²) in [5.74, 6) is 0.340. The van der Waals surface area contributed by atoms with Crippen LogP contribution in [0.5, 0.6) is 0 Å². The third kappa shape index (κ3) is 2.40. The van der Waals surface area contributed by atoms with Crippen molar-refractivity contribution in [2.45, 2.75) is 26.3 Å².